The molecule has 1 aliphatic heterocycles. The van der Waals surface area contributed by atoms with E-state index in [9.17, 15) is 9.59 Å². The van der Waals surface area contributed by atoms with E-state index in [4.69, 9.17) is 0 Å². The van der Waals surface area contributed by atoms with Gasteiger partial charge >= 0.3 is 0 Å². The van der Waals surface area contributed by atoms with Crippen LogP contribution in [0.5, 0.6) is 0 Å². The molecule has 4 saturated carbocycles. The maximum atomic E-state index is 12.1. The van der Waals surface area contributed by atoms with E-state index in [-0.39, 0.29) is 17.9 Å². The predicted octanol–water partition coefficient (Wildman–Crippen LogP) is 1.94. The zero-order chi connectivity index (χ0) is 14.8. The highest BCUT2D eigenvalue weighted by atomic mass is 16.2. The first kappa shape index (κ1) is 13.7. The average Bonchev–Trinajstić information content (AvgIpc) is 2.65. The third-order valence-electron chi connectivity index (χ3n) is 6.84. The number of hydrogen-bond donors (Lipinski definition) is 1. The Bertz CT molecular complexity index is 452. The second-order valence-electron chi connectivity index (χ2n) is 8.22. The summed E-state index contributed by atoms with van der Waals surface area (Å²) in [6.45, 7) is 2.25. The number of likely N-dealkylation sites (tertiary alicyclic amines) is 1. The maximum absolute atomic E-state index is 12.1. The highest BCUT2D eigenvalue weighted by Crippen LogP contribution is 2.61. The van der Waals surface area contributed by atoms with E-state index in [0.29, 0.717) is 17.9 Å². The summed E-state index contributed by atoms with van der Waals surface area (Å²) >= 11 is 0. The van der Waals surface area contributed by atoms with Crippen LogP contribution in [0, 0.1) is 23.2 Å². The van der Waals surface area contributed by atoms with Gasteiger partial charge in [-0.2, -0.15) is 0 Å². The van der Waals surface area contributed by atoms with E-state index in [1.54, 1.807) is 7.05 Å². The first-order chi connectivity index (χ1) is 9.97. The van der Waals surface area contributed by atoms with E-state index >= 15 is 0 Å². The monoisotopic (exact) mass is 290 g/mol. The van der Waals surface area contributed by atoms with Gasteiger partial charge in [-0.05, 0) is 68.6 Å². The van der Waals surface area contributed by atoms with Crippen LogP contribution in [0.15, 0.2) is 0 Å². The first-order valence-electron chi connectivity index (χ1n) is 8.53. The fourth-order valence-electron chi connectivity index (χ4n) is 6.07. The van der Waals surface area contributed by atoms with Crippen LogP contribution in [-0.4, -0.2) is 35.8 Å². The molecule has 0 radical (unpaired) electrons. The minimum Gasteiger partial charge on any atom is -0.302 e. The number of rotatable bonds is 3. The highest BCUT2D eigenvalue weighted by Gasteiger charge is 2.53. The van der Waals surface area contributed by atoms with E-state index in [2.05, 4.69) is 12.2 Å². The van der Waals surface area contributed by atoms with E-state index in [1.165, 1.54) is 43.4 Å². The second kappa shape index (κ2) is 4.55. The zero-order valence-corrected chi connectivity index (χ0v) is 13.1. The summed E-state index contributed by atoms with van der Waals surface area (Å²) in [4.78, 5) is 25.1. The molecule has 1 N–H and O–H groups in total. The Morgan fingerprint density at radius 1 is 1.10 bits per heavy atom. The molecular formula is C17H26N2O2. The Kier molecular flexibility index (Phi) is 2.97. The van der Waals surface area contributed by atoms with Crippen molar-refractivity contribution in [2.24, 2.45) is 23.2 Å². The van der Waals surface area contributed by atoms with Crippen molar-refractivity contribution < 1.29 is 9.59 Å². The van der Waals surface area contributed by atoms with Gasteiger partial charge in [-0.3, -0.25) is 14.5 Å². The predicted molar refractivity (Wildman–Crippen MR) is 79.4 cm³/mol. The Hall–Kier alpha value is -0.900. The molecule has 2 amide bonds. The summed E-state index contributed by atoms with van der Waals surface area (Å²) in [5.41, 5.74) is 0.388. The maximum Gasteiger partial charge on any atom is 0.246 e. The lowest BCUT2D eigenvalue weighted by atomic mass is 9.48. The minimum absolute atomic E-state index is 0.0448. The zero-order valence-electron chi connectivity index (χ0n) is 13.1. The molecule has 1 saturated heterocycles. The highest BCUT2D eigenvalue weighted by molar-refractivity contribution is 6.05. The van der Waals surface area contributed by atoms with Crippen LogP contribution in [0.1, 0.15) is 51.9 Å². The summed E-state index contributed by atoms with van der Waals surface area (Å²) in [6.07, 6.45) is 8.65. The van der Waals surface area contributed by atoms with Crippen molar-refractivity contribution in [2.75, 3.05) is 7.05 Å². The Labute approximate surface area is 126 Å². The number of hydrogen-bond acceptors (Lipinski definition) is 3. The number of carbonyl (C=O) groups excluding carboxylic acids is 2. The van der Waals surface area contributed by atoms with Crippen molar-refractivity contribution in [3.63, 3.8) is 0 Å². The van der Waals surface area contributed by atoms with Gasteiger partial charge in [0.15, 0.2) is 0 Å². The van der Waals surface area contributed by atoms with E-state index in [0.717, 1.165) is 17.8 Å². The van der Waals surface area contributed by atoms with Crippen molar-refractivity contribution in [3.8, 4) is 0 Å². The largest absolute Gasteiger partial charge is 0.302 e. The normalized spacial score (nSPS) is 46.5. The van der Waals surface area contributed by atoms with Gasteiger partial charge in [0, 0.05) is 13.1 Å². The Morgan fingerprint density at radius 3 is 2.05 bits per heavy atom. The molecule has 4 bridgehead atoms. The van der Waals surface area contributed by atoms with Crippen LogP contribution in [0.25, 0.3) is 0 Å². The quantitative estimate of drug-likeness (QED) is 0.808. The van der Waals surface area contributed by atoms with Crippen LogP contribution in [0.4, 0.5) is 0 Å². The average molecular weight is 290 g/mol. The summed E-state index contributed by atoms with van der Waals surface area (Å²) in [5.74, 6) is 2.67. The molecule has 4 nitrogen and oxygen atoms in total. The molecule has 5 rings (SSSR count). The molecule has 4 aliphatic carbocycles. The van der Waals surface area contributed by atoms with Crippen molar-refractivity contribution in [3.05, 3.63) is 0 Å². The van der Waals surface area contributed by atoms with Gasteiger partial charge in [0.2, 0.25) is 11.8 Å². The van der Waals surface area contributed by atoms with Gasteiger partial charge in [0.25, 0.3) is 0 Å². The third-order valence-corrected chi connectivity index (χ3v) is 6.84. The molecule has 1 heterocycles. The number of nitrogens with zero attached hydrogens (tertiary/aromatic N) is 1. The van der Waals surface area contributed by atoms with E-state index in [1.807, 2.05) is 0 Å². The summed E-state index contributed by atoms with van der Waals surface area (Å²) in [5, 5.41) is 3.53. The molecule has 0 aromatic rings. The van der Waals surface area contributed by atoms with Crippen LogP contribution in [-0.2, 0) is 9.59 Å². The molecular weight excluding hydrogens is 264 g/mol. The lowest BCUT2D eigenvalue weighted by molar-refractivity contribution is -0.137. The summed E-state index contributed by atoms with van der Waals surface area (Å²) < 4.78 is 0. The standard InChI is InChI=1S/C17H26N2O2/c1-10(18-14-6-15(20)19(2)16(14)21)17-7-11-3-12(8-17)5-13(4-11)9-17/h10-14,18H,3-9H2,1-2H3. The minimum atomic E-state index is -0.287. The van der Waals surface area contributed by atoms with Crippen molar-refractivity contribution in [1.29, 1.82) is 0 Å². The van der Waals surface area contributed by atoms with Gasteiger partial charge in [0.1, 0.15) is 0 Å². The first-order valence-corrected chi connectivity index (χ1v) is 8.53. The second-order valence-corrected chi connectivity index (χ2v) is 8.22. The van der Waals surface area contributed by atoms with E-state index < -0.39 is 0 Å². The van der Waals surface area contributed by atoms with Gasteiger partial charge in [-0.25, -0.2) is 0 Å². The number of likely N-dealkylation sites (N-methyl/N-ethyl adjacent to an activating group) is 1. The molecule has 116 valence electrons. The lowest BCUT2D eigenvalue weighted by Gasteiger charge is -2.59. The fraction of sp³-hybridized carbons (Fsp3) is 0.882. The SMILES string of the molecule is CC(NC1CC(=O)N(C)C1=O)C12CC3CC(CC(C3)C1)C2. The summed E-state index contributed by atoms with van der Waals surface area (Å²) in [6, 6.07) is 0.0599. The molecule has 2 atom stereocenters. The summed E-state index contributed by atoms with van der Waals surface area (Å²) in [7, 11) is 1.60. The third kappa shape index (κ3) is 2.06. The van der Waals surface area contributed by atoms with Gasteiger partial charge in [-0.1, -0.05) is 0 Å². The van der Waals surface area contributed by atoms with Crippen LogP contribution in [0.2, 0.25) is 0 Å². The smallest absolute Gasteiger partial charge is 0.246 e. The topological polar surface area (TPSA) is 49.4 Å². The number of imide groups is 1. The van der Waals surface area contributed by atoms with Crippen LogP contribution < -0.4 is 5.32 Å². The molecule has 0 aromatic carbocycles. The van der Waals surface area contributed by atoms with Gasteiger partial charge < -0.3 is 5.32 Å². The molecule has 0 aromatic heterocycles. The molecule has 2 unspecified atom stereocenters. The Balaban J connectivity index is 1.49. The van der Waals surface area contributed by atoms with Gasteiger partial charge in [0.05, 0.1) is 12.5 Å². The number of carbonyl (C=O) groups is 2. The fourth-order valence-corrected chi connectivity index (χ4v) is 6.07. The molecule has 5 fully saturated rings. The van der Waals surface area contributed by atoms with Crippen LogP contribution in [0.3, 0.4) is 0 Å². The van der Waals surface area contributed by atoms with Crippen molar-refractivity contribution in [2.45, 2.75) is 64.0 Å². The lowest BCUT2D eigenvalue weighted by Crippen LogP contribution is -2.57. The number of amides is 2. The molecule has 4 heteroatoms. The van der Waals surface area contributed by atoms with Crippen molar-refractivity contribution in [1.82, 2.24) is 10.2 Å². The molecule has 21 heavy (non-hydrogen) atoms. The molecule has 0 spiro atoms. The number of nitrogens with one attached hydrogen (secondary N) is 1. The van der Waals surface area contributed by atoms with Crippen molar-refractivity contribution >= 4 is 11.8 Å². The Morgan fingerprint density at radius 2 is 1.62 bits per heavy atom. The molecule has 5 aliphatic rings. The van der Waals surface area contributed by atoms with Crippen LogP contribution >= 0.6 is 0 Å². The van der Waals surface area contributed by atoms with Gasteiger partial charge in [-0.15, -0.1) is 0 Å².